The van der Waals surface area contributed by atoms with Crippen LogP contribution < -0.4 is 0 Å². The largest absolute Gasteiger partial charge is 0.466 e. The van der Waals surface area contributed by atoms with Crippen LogP contribution in [0.3, 0.4) is 0 Å². The lowest BCUT2D eigenvalue weighted by atomic mass is 9.97. The van der Waals surface area contributed by atoms with E-state index >= 15 is 0 Å². The highest BCUT2D eigenvalue weighted by Crippen LogP contribution is 2.35. The topological polar surface area (TPSA) is 64.4 Å². The number of carbonyl (C=O) groups excluding carboxylic acids is 2. The molecule has 1 aromatic heterocycles. The third-order valence-corrected chi connectivity index (χ3v) is 4.65. The SMILES string of the molecule is CCOC(=O)[C@H]1CCCN(C(=O)c2cnn(-c3cccc(F)c3)c2C(F)(F)F)C1. The van der Waals surface area contributed by atoms with E-state index in [1.54, 1.807) is 6.92 Å². The van der Waals surface area contributed by atoms with Crippen LogP contribution in [0.5, 0.6) is 0 Å². The van der Waals surface area contributed by atoms with Crippen molar-refractivity contribution in [2.24, 2.45) is 5.92 Å². The monoisotopic (exact) mass is 413 g/mol. The fourth-order valence-electron chi connectivity index (χ4n) is 3.37. The molecule has 10 heteroatoms. The van der Waals surface area contributed by atoms with Crippen molar-refractivity contribution in [1.82, 2.24) is 14.7 Å². The molecule has 3 rings (SSSR count). The molecule has 1 saturated heterocycles. The van der Waals surface area contributed by atoms with E-state index in [-0.39, 0.29) is 25.4 Å². The van der Waals surface area contributed by atoms with Crippen LogP contribution in [0.2, 0.25) is 0 Å². The van der Waals surface area contributed by atoms with Crippen molar-refractivity contribution >= 4 is 11.9 Å². The average Bonchev–Trinajstić information content (AvgIpc) is 3.13. The van der Waals surface area contributed by atoms with Crippen LogP contribution >= 0.6 is 0 Å². The maximum Gasteiger partial charge on any atom is 0.434 e. The molecular formula is C19H19F4N3O3. The predicted molar refractivity (Wildman–Crippen MR) is 93.8 cm³/mol. The molecule has 0 radical (unpaired) electrons. The number of aromatic nitrogens is 2. The van der Waals surface area contributed by atoms with Crippen LogP contribution in [0.25, 0.3) is 5.69 Å². The Morgan fingerprint density at radius 3 is 2.72 bits per heavy atom. The molecule has 2 heterocycles. The van der Waals surface area contributed by atoms with Crippen molar-refractivity contribution in [3.63, 3.8) is 0 Å². The number of hydrogen-bond donors (Lipinski definition) is 0. The van der Waals surface area contributed by atoms with E-state index in [2.05, 4.69) is 5.10 Å². The van der Waals surface area contributed by atoms with Gasteiger partial charge in [-0.2, -0.15) is 18.3 Å². The Morgan fingerprint density at radius 2 is 2.07 bits per heavy atom. The molecule has 2 aromatic rings. The molecule has 1 aliphatic heterocycles. The van der Waals surface area contributed by atoms with Gasteiger partial charge < -0.3 is 9.64 Å². The molecule has 6 nitrogen and oxygen atoms in total. The molecule has 1 aliphatic rings. The van der Waals surface area contributed by atoms with Crippen LogP contribution in [0.4, 0.5) is 17.6 Å². The van der Waals surface area contributed by atoms with Gasteiger partial charge in [0, 0.05) is 13.1 Å². The van der Waals surface area contributed by atoms with Gasteiger partial charge in [0.25, 0.3) is 5.91 Å². The first-order chi connectivity index (χ1) is 13.7. The maximum atomic E-state index is 13.8. The number of rotatable bonds is 4. The standard InChI is InChI=1S/C19H19F4N3O3/c1-2-29-18(28)12-5-4-8-25(11-12)17(27)15-10-24-26(16(15)19(21,22)23)14-7-3-6-13(20)9-14/h3,6-7,9-10,12H,2,4-5,8,11H2,1H3/t12-/m0/s1. The number of carbonyl (C=O) groups is 2. The third-order valence-electron chi connectivity index (χ3n) is 4.65. The zero-order chi connectivity index (χ0) is 21.2. The minimum Gasteiger partial charge on any atom is -0.466 e. The van der Waals surface area contributed by atoms with Gasteiger partial charge in [0.2, 0.25) is 0 Å². The van der Waals surface area contributed by atoms with E-state index in [0.717, 1.165) is 18.3 Å². The van der Waals surface area contributed by atoms with Gasteiger partial charge >= 0.3 is 12.1 Å². The van der Waals surface area contributed by atoms with Crippen LogP contribution in [0.15, 0.2) is 30.5 Å². The summed E-state index contributed by atoms with van der Waals surface area (Å²) in [4.78, 5) is 26.0. The Hall–Kier alpha value is -2.91. The average molecular weight is 413 g/mol. The number of amides is 1. The molecule has 0 unspecified atom stereocenters. The molecule has 0 N–H and O–H groups in total. The van der Waals surface area contributed by atoms with Gasteiger partial charge in [-0.25, -0.2) is 9.07 Å². The first kappa shape index (κ1) is 20.8. The summed E-state index contributed by atoms with van der Waals surface area (Å²) in [6.45, 7) is 2.03. The minimum absolute atomic E-state index is 0.0277. The first-order valence-electron chi connectivity index (χ1n) is 9.09. The number of ether oxygens (including phenoxy) is 1. The number of esters is 1. The number of nitrogens with zero attached hydrogens (tertiary/aromatic N) is 3. The van der Waals surface area contributed by atoms with E-state index < -0.39 is 41.0 Å². The Labute approximate surface area is 164 Å². The van der Waals surface area contributed by atoms with E-state index in [4.69, 9.17) is 4.74 Å². The maximum absolute atomic E-state index is 13.8. The molecule has 156 valence electrons. The molecular weight excluding hydrogens is 394 g/mol. The lowest BCUT2D eigenvalue weighted by Gasteiger charge is -2.31. The summed E-state index contributed by atoms with van der Waals surface area (Å²) in [7, 11) is 0. The van der Waals surface area contributed by atoms with Crippen molar-refractivity contribution in [2.75, 3.05) is 19.7 Å². The second kappa shape index (κ2) is 8.22. The molecule has 0 aliphatic carbocycles. The highest BCUT2D eigenvalue weighted by atomic mass is 19.4. The van der Waals surface area contributed by atoms with Gasteiger partial charge in [-0.05, 0) is 38.0 Å². The number of hydrogen-bond acceptors (Lipinski definition) is 4. The van der Waals surface area contributed by atoms with E-state index in [1.165, 1.54) is 17.0 Å². The summed E-state index contributed by atoms with van der Waals surface area (Å²) in [5.74, 6) is -2.67. The zero-order valence-electron chi connectivity index (χ0n) is 15.6. The molecule has 0 bridgehead atoms. The summed E-state index contributed by atoms with van der Waals surface area (Å²) in [5, 5.41) is 3.68. The van der Waals surface area contributed by atoms with Gasteiger partial charge in [-0.1, -0.05) is 6.07 Å². The molecule has 29 heavy (non-hydrogen) atoms. The second-order valence-electron chi connectivity index (χ2n) is 6.64. The fraction of sp³-hybridized carbons (Fsp3) is 0.421. The highest BCUT2D eigenvalue weighted by molar-refractivity contribution is 5.96. The lowest BCUT2D eigenvalue weighted by Crippen LogP contribution is -2.43. The van der Waals surface area contributed by atoms with Gasteiger partial charge in [0.1, 0.15) is 5.82 Å². The Bertz CT molecular complexity index is 910. The van der Waals surface area contributed by atoms with Crippen molar-refractivity contribution in [2.45, 2.75) is 25.9 Å². The second-order valence-corrected chi connectivity index (χ2v) is 6.64. The Balaban J connectivity index is 1.94. The number of likely N-dealkylation sites (tertiary alicyclic amines) is 1. The van der Waals surface area contributed by atoms with Gasteiger partial charge in [-0.15, -0.1) is 0 Å². The quantitative estimate of drug-likeness (QED) is 0.569. The minimum atomic E-state index is -4.90. The molecule has 1 aromatic carbocycles. The first-order valence-corrected chi connectivity index (χ1v) is 9.09. The number of benzene rings is 1. The number of alkyl halides is 3. The van der Waals surface area contributed by atoms with E-state index in [0.29, 0.717) is 17.5 Å². The summed E-state index contributed by atoms with van der Waals surface area (Å²) >= 11 is 0. The van der Waals surface area contributed by atoms with Crippen LogP contribution in [0, 0.1) is 11.7 Å². The molecule has 0 spiro atoms. The highest BCUT2D eigenvalue weighted by Gasteiger charge is 2.42. The van der Waals surface area contributed by atoms with Crippen molar-refractivity contribution in [3.05, 3.63) is 47.5 Å². The summed E-state index contributed by atoms with van der Waals surface area (Å²) in [5.41, 5.74) is -2.09. The van der Waals surface area contributed by atoms with Gasteiger partial charge in [0.15, 0.2) is 5.69 Å². The lowest BCUT2D eigenvalue weighted by molar-refractivity contribution is -0.149. The van der Waals surface area contributed by atoms with Crippen molar-refractivity contribution in [1.29, 1.82) is 0 Å². The van der Waals surface area contributed by atoms with Crippen LogP contribution in [0.1, 0.15) is 35.8 Å². The number of piperidine rings is 1. The summed E-state index contributed by atoms with van der Waals surface area (Å²) in [6, 6.07) is 4.50. The van der Waals surface area contributed by atoms with Crippen LogP contribution in [-0.2, 0) is 15.7 Å². The van der Waals surface area contributed by atoms with E-state index in [9.17, 15) is 27.2 Å². The number of halogens is 4. The van der Waals surface area contributed by atoms with Crippen LogP contribution in [-0.4, -0.2) is 46.3 Å². The molecule has 0 saturated carbocycles. The zero-order valence-corrected chi connectivity index (χ0v) is 15.6. The molecule has 1 fully saturated rings. The summed E-state index contributed by atoms with van der Waals surface area (Å²) in [6.07, 6.45) is -3.11. The Kier molecular flexibility index (Phi) is 5.90. The van der Waals surface area contributed by atoms with E-state index in [1.807, 2.05) is 0 Å². The Morgan fingerprint density at radius 1 is 1.31 bits per heavy atom. The normalized spacial score (nSPS) is 17.3. The summed E-state index contributed by atoms with van der Waals surface area (Å²) < 4.78 is 60.2. The molecule has 1 amide bonds. The molecule has 1 atom stereocenters. The van der Waals surface area contributed by atoms with Crippen molar-refractivity contribution < 1.29 is 31.9 Å². The van der Waals surface area contributed by atoms with Gasteiger partial charge in [0.05, 0.1) is 30.0 Å². The predicted octanol–water partition coefficient (Wildman–Crippen LogP) is 3.45. The fourth-order valence-corrected chi connectivity index (χ4v) is 3.37. The van der Waals surface area contributed by atoms with Crippen molar-refractivity contribution in [3.8, 4) is 5.69 Å². The third kappa shape index (κ3) is 4.41. The smallest absolute Gasteiger partial charge is 0.434 e. The van der Waals surface area contributed by atoms with Gasteiger partial charge in [-0.3, -0.25) is 9.59 Å².